The maximum absolute atomic E-state index is 5.27. The summed E-state index contributed by atoms with van der Waals surface area (Å²) in [6.45, 7) is 4.00. The van der Waals surface area contributed by atoms with Crippen molar-refractivity contribution in [2.45, 2.75) is 25.3 Å². The monoisotopic (exact) mass is 198 g/mol. The number of nitrogens with two attached hydrogens (primary N) is 1. The van der Waals surface area contributed by atoms with E-state index in [0.29, 0.717) is 5.82 Å². The van der Waals surface area contributed by atoms with Crippen LogP contribution in [-0.4, -0.2) is 15.7 Å². The summed E-state index contributed by atoms with van der Waals surface area (Å²) >= 11 is 1.72. The molecule has 0 unspecified atom stereocenters. The summed E-state index contributed by atoms with van der Waals surface area (Å²) < 4.78 is 0. The second kappa shape index (κ2) is 5.04. The molecule has 4 nitrogen and oxygen atoms in total. The number of nitrogens with zero attached hydrogens (tertiary/aromatic N) is 2. The van der Waals surface area contributed by atoms with Crippen LogP contribution in [0.4, 0.5) is 5.82 Å². The van der Waals surface area contributed by atoms with Crippen LogP contribution in [0.2, 0.25) is 0 Å². The van der Waals surface area contributed by atoms with E-state index >= 15 is 0 Å². The molecule has 1 aromatic rings. The quantitative estimate of drug-likeness (QED) is 0.333. The molecule has 1 rings (SSSR count). The first-order valence-electron chi connectivity index (χ1n) is 4.21. The van der Waals surface area contributed by atoms with Crippen LogP contribution >= 0.6 is 11.8 Å². The van der Waals surface area contributed by atoms with Gasteiger partial charge in [0.1, 0.15) is 16.7 Å². The maximum Gasteiger partial charge on any atom is 0.144 e. The van der Waals surface area contributed by atoms with Crippen molar-refractivity contribution >= 4 is 17.6 Å². The molecule has 0 bridgehead atoms. The molecule has 0 aliphatic heterocycles. The lowest BCUT2D eigenvalue weighted by atomic mass is 10.5. The maximum atomic E-state index is 5.27. The fraction of sp³-hybridized carbons (Fsp3) is 0.500. The van der Waals surface area contributed by atoms with Crippen LogP contribution in [0.15, 0.2) is 11.1 Å². The van der Waals surface area contributed by atoms with Crippen molar-refractivity contribution in [1.29, 1.82) is 0 Å². The summed E-state index contributed by atoms with van der Waals surface area (Å²) in [7, 11) is 0. The van der Waals surface area contributed by atoms with E-state index in [9.17, 15) is 0 Å². The zero-order valence-electron chi connectivity index (χ0n) is 7.87. The summed E-state index contributed by atoms with van der Waals surface area (Å²) in [5.41, 5.74) is 2.52. The number of anilines is 1. The minimum absolute atomic E-state index is 0.672. The highest BCUT2D eigenvalue weighted by Gasteiger charge is 2.00. The van der Waals surface area contributed by atoms with E-state index in [1.54, 1.807) is 11.8 Å². The molecule has 72 valence electrons. The van der Waals surface area contributed by atoms with Crippen molar-refractivity contribution in [3.05, 3.63) is 11.9 Å². The highest BCUT2D eigenvalue weighted by atomic mass is 32.2. The first kappa shape index (κ1) is 10.3. The van der Waals surface area contributed by atoms with E-state index in [1.165, 1.54) is 0 Å². The third-order valence-electron chi connectivity index (χ3n) is 1.42. The van der Waals surface area contributed by atoms with Crippen LogP contribution in [0.5, 0.6) is 0 Å². The smallest absolute Gasteiger partial charge is 0.144 e. The molecule has 1 aromatic heterocycles. The predicted octanol–water partition coefficient (Wildman–Crippen LogP) is 1.57. The topological polar surface area (TPSA) is 63.8 Å². The Morgan fingerprint density at radius 2 is 2.31 bits per heavy atom. The van der Waals surface area contributed by atoms with Gasteiger partial charge in [-0.3, -0.25) is 0 Å². The van der Waals surface area contributed by atoms with E-state index in [0.717, 1.165) is 23.0 Å². The summed E-state index contributed by atoms with van der Waals surface area (Å²) in [5, 5.41) is 0.974. The molecule has 0 radical (unpaired) electrons. The van der Waals surface area contributed by atoms with Crippen molar-refractivity contribution in [3.8, 4) is 0 Å². The Morgan fingerprint density at radius 1 is 1.54 bits per heavy atom. The molecule has 0 fully saturated rings. The Labute approximate surface area is 82.3 Å². The van der Waals surface area contributed by atoms with E-state index in [2.05, 4.69) is 22.3 Å². The van der Waals surface area contributed by atoms with E-state index < -0.39 is 0 Å². The van der Waals surface area contributed by atoms with Gasteiger partial charge in [0, 0.05) is 6.07 Å². The second-order valence-corrected chi connectivity index (χ2v) is 3.75. The Balaban J connectivity index is 2.76. The Bertz CT molecular complexity index is 277. The lowest BCUT2D eigenvalue weighted by Gasteiger charge is -2.03. The largest absolute Gasteiger partial charge is 0.308 e. The Hall–Kier alpha value is -0.810. The van der Waals surface area contributed by atoms with Crippen LogP contribution in [0.1, 0.15) is 19.2 Å². The van der Waals surface area contributed by atoms with Crippen LogP contribution in [0.3, 0.4) is 0 Å². The number of thioether (sulfide) groups is 1. The van der Waals surface area contributed by atoms with Gasteiger partial charge in [-0.2, -0.15) is 0 Å². The minimum atomic E-state index is 0.672. The Morgan fingerprint density at radius 3 is 2.92 bits per heavy atom. The molecule has 1 heterocycles. The van der Waals surface area contributed by atoms with Gasteiger partial charge >= 0.3 is 0 Å². The lowest BCUT2D eigenvalue weighted by molar-refractivity contribution is 0.961. The summed E-state index contributed by atoms with van der Waals surface area (Å²) in [4.78, 5) is 8.38. The van der Waals surface area contributed by atoms with Gasteiger partial charge in [0.15, 0.2) is 0 Å². The number of nitrogens with one attached hydrogen (secondary N) is 1. The second-order valence-electron chi connectivity index (χ2n) is 2.63. The van der Waals surface area contributed by atoms with Gasteiger partial charge in [0.05, 0.1) is 0 Å². The average molecular weight is 198 g/mol. The van der Waals surface area contributed by atoms with Crippen LogP contribution in [0.25, 0.3) is 0 Å². The first-order valence-corrected chi connectivity index (χ1v) is 5.20. The number of rotatable bonds is 4. The van der Waals surface area contributed by atoms with E-state index in [4.69, 9.17) is 5.84 Å². The molecule has 3 N–H and O–H groups in total. The van der Waals surface area contributed by atoms with Crippen molar-refractivity contribution in [1.82, 2.24) is 9.97 Å². The van der Waals surface area contributed by atoms with Gasteiger partial charge in [0.25, 0.3) is 0 Å². The number of hydrogen-bond donors (Lipinski definition) is 2. The molecular weight excluding hydrogens is 184 g/mol. The van der Waals surface area contributed by atoms with Gasteiger partial charge in [-0.05, 0) is 19.1 Å². The summed E-state index contributed by atoms with van der Waals surface area (Å²) in [6.07, 6.45) is 1.14. The van der Waals surface area contributed by atoms with E-state index in [-0.39, 0.29) is 0 Å². The van der Waals surface area contributed by atoms with Gasteiger partial charge < -0.3 is 5.43 Å². The van der Waals surface area contributed by atoms with Gasteiger partial charge in [-0.15, -0.1) is 11.8 Å². The predicted molar refractivity (Wildman–Crippen MR) is 55.6 cm³/mol. The van der Waals surface area contributed by atoms with Gasteiger partial charge in [-0.1, -0.05) is 6.92 Å². The first-order chi connectivity index (χ1) is 6.26. The minimum Gasteiger partial charge on any atom is -0.308 e. The van der Waals surface area contributed by atoms with Gasteiger partial charge in [0.2, 0.25) is 0 Å². The van der Waals surface area contributed by atoms with Crippen molar-refractivity contribution in [2.75, 3.05) is 11.2 Å². The van der Waals surface area contributed by atoms with E-state index in [1.807, 2.05) is 13.0 Å². The Kier molecular flexibility index (Phi) is 3.98. The molecular formula is C8H14N4S. The van der Waals surface area contributed by atoms with Gasteiger partial charge in [-0.25, -0.2) is 15.8 Å². The fourth-order valence-electron chi connectivity index (χ4n) is 0.895. The number of aromatic nitrogens is 2. The average Bonchev–Trinajstić information content (AvgIpc) is 2.14. The third kappa shape index (κ3) is 3.20. The normalized spacial score (nSPS) is 10.1. The molecule has 0 amide bonds. The number of aryl methyl sites for hydroxylation is 1. The molecule has 0 aliphatic rings. The van der Waals surface area contributed by atoms with Crippen LogP contribution in [-0.2, 0) is 0 Å². The standard InChI is InChI=1S/C8H14N4S/c1-3-4-13-8-5-7(12-9)10-6(2)11-8/h5H,3-4,9H2,1-2H3,(H,10,11,12). The molecule has 13 heavy (non-hydrogen) atoms. The molecule has 5 heteroatoms. The van der Waals surface area contributed by atoms with Crippen molar-refractivity contribution in [2.24, 2.45) is 5.84 Å². The molecule has 0 aromatic carbocycles. The SMILES string of the molecule is CCCSc1cc(NN)nc(C)n1. The molecule has 0 saturated heterocycles. The third-order valence-corrected chi connectivity index (χ3v) is 2.53. The highest BCUT2D eigenvalue weighted by Crippen LogP contribution is 2.18. The van der Waals surface area contributed by atoms with Crippen molar-refractivity contribution < 1.29 is 0 Å². The van der Waals surface area contributed by atoms with Crippen molar-refractivity contribution in [3.63, 3.8) is 0 Å². The number of nitrogen functional groups attached to an aromatic ring is 1. The summed E-state index contributed by atoms with van der Waals surface area (Å²) in [5.74, 6) is 7.75. The number of hydrogen-bond acceptors (Lipinski definition) is 5. The van der Waals surface area contributed by atoms with Crippen LogP contribution < -0.4 is 11.3 Å². The lowest BCUT2D eigenvalue weighted by Crippen LogP contribution is -2.09. The zero-order valence-corrected chi connectivity index (χ0v) is 8.69. The zero-order chi connectivity index (χ0) is 9.68. The number of hydrazine groups is 1. The molecule has 0 spiro atoms. The molecule has 0 saturated carbocycles. The molecule has 0 atom stereocenters. The molecule has 0 aliphatic carbocycles. The summed E-state index contributed by atoms with van der Waals surface area (Å²) in [6, 6.07) is 1.85. The highest BCUT2D eigenvalue weighted by molar-refractivity contribution is 7.99. The fourth-order valence-corrected chi connectivity index (χ4v) is 1.70. The van der Waals surface area contributed by atoms with Crippen LogP contribution in [0, 0.1) is 6.92 Å².